The third kappa shape index (κ3) is 3.88. The summed E-state index contributed by atoms with van der Waals surface area (Å²) in [6.07, 6.45) is 1.30. The molecule has 0 N–H and O–H groups in total. The van der Waals surface area contributed by atoms with Crippen molar-refractivity contribution in [2.75, 3.05) is 5.75 Å². The molecule has 1 aromatic rings. The summed E-state index contributed by atoms with van der Waals surface area (Å²) in [4.78, 5) is 24.1. The molecule has 0 fully saturated rings. The van der Waals surface area contributed by atoms with Crippen LogP contribution in [0, 0.1) is 5.41 Å². The molecule has 1 aliphatic carbocycles. The Morgan fingerprint density at radius 2 is 1.71 bits per heavy atom. The van der Waals surface area contributed by atoms with E-state index in [4.69, 9.17) is 4.74 Å². The standard InChI is InChI=1S/C17H22O3S/c1-12(18)21-11-17(15(19)20-16(2,3)4)9-13-7-5-6-8-14(13)10-17/h5-8H,9-11H2,1-4H3. The first kappa shape index (κ1) is 16.1. The lowest BCUT2D eigenvalue weighted by Gasteiger charge is -2.30. The van der Waals surface area contributed by atoms with E-state index in [0.29, 0.717) is 18.6 Å². The molecule has 0 aromatic heterocycles. The fourth-order valence-corrected chi connectivity index (χ4v) is 3.43. The Kier molecular flexibility index (Phi) is 4.47. The lowest BCUT2D eigenvalue weighted by molar-refractivity contribution is -0.165. The van der Waals surface area contributed by atoms with E-state index in [-0.39, 0.29) is 11.1 Å². The topological polar surface area (TPSA) is 43.4 Å². The van der Waals surface area contributed by atoms with Crippen LogP contribution in [0.25, 0.3) is 0 Å². The van der Waals surface area contributed by atoms with E-state index in [0.717, 1.165) is 0 Å². The highest BCUT2D eigenvalue weighted by Gasteiger charge is 2.46. The first-order valence-electron chi connectivity index (χ1n) is 7.15. The van der Waals surface area contributed by atoms with Crippen molar-refractivity contribution in [3.05, 3.63) is 35.4 Å². The van der Waals surface area contributed by atoms with Crippen LogP contribution in [-0.2, 0) is 27.2 Å². The highest BCUT2D eigenvalue weighted by molar-refractivity contribution is 8.13. The maximum absolute atomic E-state index is 12.7. The number of hydrogen-bond donors (Lipinski definition) is 0. The fourth-order valence-electron chi connectivity index (χ4n) is 2.63. The Labute approximate surface area is 130 Å². The molecule has 4 heteroatoms. The summed E-state index contributed by atoms with van der Waals surface area (Å²) in [7, 11) is 0. The van der Waals surface area contributed by atoms with Crippen LogP contribution in [0.15, 0.2) is 24.3 Å². The molecule has 3 nitrogen and oxygen atoms in total. The lowest BCUT2D eigenvalue weighted by Crippen LogP contribution is -2.40. The first-order chi connectivity index (χ1) is 9.72. The van der Waals surface area contributed by atoms with Crippen LogP contribution in [0.3, 0.4) is 0 Å². The maximum Gasteiger partial charge on any atom is 0.314 e. The van der Waals surface area contributed by atoms with Gasteiger partial charge in [-0.2, -0.15) is 0 Å². The van der Waals surface area contributed by atoms with Crippen molar-refractivity contribution in [1.29, 1.82) is 0 Å². The summed E-state index contributed by atoms with van der Waals surface area (Å²) in [6.45, 7) is 7.16. The molecule has 0 heterocycles. The van der Waals surface area contributed by atoms with Gasteiger partial charge in [0.25, 0.3) is 0 Å². The Morgan fingerprint density at radius 1 is 1.19 bits per heavy atom. The molecule has 114 valence electrons. The van der Waals surface area contributed by atoms with Crippen LogP contribution < -0.4 is 0 Å². The van der Waals surface area contributed by atoms with Gasteiger partial charge in [0.2, 0.25) is 0 Å². The molecule has 0 aliphatic heterocycles. The van der Waals surface area contributed by atoms with Gasteiger partial charge in [0.15, 0.2) is 5.12 Å². The van der Waals surface area contributed by atoms with Gasteiger partial charge < -0.3 is 4.74 Å². The van der Waals surface area contributed by atoms with Crippen molar-refractivity contribution < 1.29 is 14.3 Å². The summed E-state index contributed by atoms with van der Waals surface area (Å²) in [6, 6.07) is 8.09. The molecular formula is C17H22O3S. The van der Waals surface area contributed by atoms with Crippen molar-refractivity contribution in [3.63, 3.8) is 0 Å². The lowest BCUT2D eigenvalue weighted by atomic mass is 9.87. The van der Waals surface area contributed by atoms with E-state index >= 15 is 0 Å². The number of carbonyl (C=O) groups is 2. The number of rotatable bonds is 3. The van der Waals surface area contributed by atoms with E-state index in [9.17, 15) is 9.59 Å². The molecular weight excluding hydrogens is 284 g/mol. The van der Waals surface area contributed by atoms with Crippen LogP contribution in [0.5, 0.6) is 0 Å². The first-order valence-corrected chi connectivity index (χ1v) is 8.14. The molecule has 0 spiro atoms. The average Bonchev–Trinajstić information content (AvgIpc) is 2.74. The van der Waals surface area contributed by atoms with E-state index in [2.05, 4.69) is 12.1 Å². The average molecular weight is 306 g/mol. The number of esters is 1. The minimum atomic E-state index is -0.618. The number of fused-ring (bicyclic) bond motifs is 1. The Bertz CT molecular complexity index is 532. The molecule has 0 saturated heterocycles. The fraction of sp³-hybridized carbons (Fsp3) is 0.529. The van der Waals surface area contributed by atoms with Crippen LogP contribution in [0.4, 0.5) is 0 Å². The second-order valence-corrected chi connectivity index (χ2v) is 7.84. The van der Waals surface area contributed by atoms with Gasteiger partial charge in [-0.15, -0.1) is 0 Å². The summed E-state index contributed by atoms with van der Waals surface area (Å²) in [5.74, 6) is 0.284. The van der Waals surface area contributed by atoms with E-state index < -0.39 is 11.0 Å². The van der Waals surface area contributed by atoms with Gasteiger partial charge in [-0.1, -0.05) is 36.0 Å². The van der Waals surface area contributed by atoms with Crippen LogP contribution in [0.1, 0.15) is 38.8 Å². The summed E-state index contributed by atoms with van der Waals surface area (Å²) in [5.41, 5.74) is 1.24. The second kappa shape index (κ2) is 5.84. The maximum atomic E-state index is 12.7. The SMILES string of the molecule is CC(=O)SCC1(C(=O)OC(C)(C)C)Cc2ccccc2C1. The monoisotopic (exact) mass is 306 g/mol. The van der Waals surface area contributed by atoms with Gasteiger partial charge in [-0.05, 0) is 44.7 Å². The quantitative estimate of drug-likeness (QED) is 0.803. The predicted octanol–water partition coefficient (Wildman–Crippen LogP) is 3.39. The van der Waals surface area contributed by atoms with Crippen LogP contribution in [-0.4, -0.2) is 22.4 Å². The van der Waals surface area contributed by atoms with Gasteiger partial charge in [-0.3, -0.25) is 9.59 Å². The highest BCUT2D eigenvalue weighted by Crippen LogP contribution is 2.41. The second-order valence-electron chi connectivity index (χ2n) is 6.68. The smallest absolute Gasteiger partial charge is 0.314 e. The zero-order chi connectivity index (χ0) is 15.7. The largest absolute Gasteiger partial charge is 0.460 e. The van der Waals surface area contributed by atoms with Gasteiger partial charge in [0.1, 0.15) is 5.60 Å². The third-order valence-electron chi connectivity index (χ3n) is 3.56. The molecule has 0 amide bonds. The minimum absolute atomic E-state index is 0.0360. The van der Waals surface area contributed by atoms with Gasteiger partial charge in [0.05, 0.1) is 5.41 Å². The number of carbonyl (C=O) groups excluding carboxylic acids is 2. The van der Waals surface area contributed by atoms with Gasteiger partial charge >= 0.3 is 5.97 Å². The Balaban J connectivity index is 2.25. The van der Waals surface area contributed by atoms with Gasteiger partial charge in [-0.25, -0.2) is 0 Å². The molecule has 2 rings (SSSR count). The zero-order valence-corrected chi connectivity index (χ0v) is 13.9. The van der Waals surface area contributed by atoms with Crippen molar-refractivity contribution in [1.82, 2.24) is 0 Å². The number of hydrogen-bond acceptors (Lipinski definition) is 4. The molecule has 1 aliphatic rings. The molecule has 0 saturated carbocycles. The molecule has 0 radical (unpaired) electrons. The van der Waals surface area contributed by atoms with E-state index in [1.807, 2.05) is 32.9 Å². The van der Waals surface area contributed by atoms with E-state index in [1.54, 1.807) is 0 Å². The van der Waals surface area contributed by atoms with Crippen molar-refractivity contribution in [2.24, 2.45) is 5.41 Å². The summed E-state index contributed by atoms with van der Waals surface area (Å²) >= 11 is 1.21. The van der Waals surface area contributed by atoms with Crippen molar-refractivity contribution in [3.8, 4) is 0 Å². The highest BCUT2D eigenvalue weighted by atomic mass is 32.2. The third-order valence-corrected chi connectivity index (χ3v) is 4.66. The van der Waals surface area contributed by atoms with Crippen LogP contribution in [0.2, 0.25) is 0 Å². The minimum Gasteiger partial charge on any atom is -0.460 e. The van der Waals surface area contributed by atoms with Crippen molar-refractivity contribution >= 4 is 22.8 Å². The summed E-state index contributed by atoms with van der Waals surface area (Å²) < 4.78 is 5.62. The number of ether oxygens (including phenoxy) is 1. The van der Waals surface area contributed by atoms with Crippen molar-refractivity contribution in [2.45, 2.75) is 46.1 Å². The Morgan fingerprint density at radius 3 is 2.14 bits per heavy atom. The molecule has 1 aromatic carbocycles. The zero-order valence-electron chi connectivity index (χ0n) is 13.1. The number of benzene rings is 1. The predicted molar refractivity (Wildman–Crippen MR) is 85.3 cm³/mol. The normalized spacial score (nSPS) is 16.4. The van der Waals surface area contributed by atoms with E-state index in [1.165, 1.54) is 29.8 Å². The number of thioether (sulfide) groups is 1. The summed E-state index contributed by atoms with van der Waals surface area (Å²) in [5, 5.41) is 0.0360. The van der Waals surface area contributed by atoms with Gasteiger partial charge in [0, 0.05) is 12.7 Å². The molecule has 0 atom stereocenters. The van der Waals surface area contributed by atoms with Crippen LogP contribution >= 0.6 is 11.8 Å². The molecule has 0 bridgehead atoms. The molecule has 0 unspecified atom stereocenters. The Hall–Kier alpha value is -1.29. The molecule has 21 heavy (non-hydrogen) atoms.